The SMILES string of the molecule is Cc1ccc(C#CC2c3ccccc3N3Cc4ccccc4C23C)cc1. The Kier molecular flexibility index (Phi) is 3.24. The number of para-hydroxylation sites is 1. The lowest BCUT2D eigenvalue weighted by Crippen LogP contribution is -2.37. The van der Waals surface area contributed by atoms with E-state index in [0.29, 0.717) is 0 Å². The van der Waals surface area contributed by atoms with Gasteiger partial charge >= 0.3 is 0 Å². The molecule has 126 valence electrons. The summed E-state index contributed by atoms with van der Waals surface area (Å²) in [6.07, 6.45) is 0. The van der Waals surface area contributed by atoms with Crippen LogP contribution in [0.5, 0.6) is 0 Å². The molecule has 0 bridgehead atoms. The van der Waals surface area contributed by atoms with Crippen molar-refractivity contribution < 1.29 is 0 Å². The monoisotopic (exact) mass is 335 g/mol. The van der Waals surface area contributed by atoms with E-state index in [1.54, 1.807) is 0 Å². The molecule has 0 N–H and O–H groups in total. The first-order chi connectivity index (χ1) is 12.7. The Labute approximate surface area is 155 Å². The number of hydrogen-bond donors (Lipinski definition) is 0. The molecule has 3 aromatic rings. The van der Waals surface area contributed by atoms with Gasteiger partial charge in [0.05, 0.1) is 11.5 Å². The molecule has 0 aliphatic carbocycles. The third-order valence-electron chi connectivity index (χ3n) is 5.96. The third-order valence-corrected chi connectivity index (χ3v) is 5.96. The summed E-state index contributed by atoms with van der Waals surface area (Å²) in [5.41, 5.74) is 7.77. The largest absolute Gasteiger partial charge is 0.356 e. The maximum atomic E-state index is 3.63. The number of rotatable bonds is 0. The molecule has 1 heteroatoms. The minimum absolute atomic E-state index is 0.0992. The minimum atomic E-state index is -0.0992. The molecule has 0 saturated heterocycles. The molecular weight excluding hydrogens is 314 g/mol. The van der Waals surface area contributed by atoms with Crippen LogP contribution in [0, 0.1) is 18.8 Å². The topological polar surface area (TPSA) is 3.24 Å². The minimum Gasteiger partial charge on any atom is -0.356 e. The van der Waals surface area contributed by atoms with E-state index in [-0.39, 0.29) is 11.5 Å². The maximum Gasteiger partial charge on any atom is 0.0811 e. The highest BCUT2D eigenvalue weighted by molar-refractivity contribution is 5.71. The van der Waals surface area contributed by atoms with Gasteiger partial charge in [-0.15, -0.1) is 0 Å². The third kappa shape index (κ3) is 2.06. The average molecular weight is 335 g/mol. The van der Waals surface area contributed by atoms with Crippen LogP contribution in [0.3, 0.4) is 0 Å². The summed E-state index contributed by atoms with van der Waals surface area (Å²) in [7, 11) is 0. The van der Waals surface area contributed by atoms with Crippen LogP contribution >= 0.6 is 0 Å². The number of anilines is 1. The van der Waals surface area contributed by atoms with Crippen molar-refractivity contribution in [1.82, 2.24) is 0 Å². The van der Waals surface area contributed by atoms with Crippen LogP contribution in [0.15, 0.2) is 72.8 Å². The number of benzene rings is 3. The van der Waals surface area contributed by atoms with E-state index in [1.165, 1.54) is 27.9 Å². The van der Waals surface area contributed by atoms with Gasteiger partial charge in [0.2, 0.25) is 0 Å². The molecule has 1 nitrogen and oxygen atoms in total. The second-order valence-electron chi connectivity index (χ2n) is 7.52. The van der Waals surface area contributed by atoms with Gasteiger partial charge in [0, 0.05) is 17.8 Å². The lowest BCUT2D eigenvalue weighted by molar-refractivity contribution is 0.463. The van der Waals surface area contributed by atoms with Crippen molar-refractivity contribution in [1.29, 1.82) is 0 Å². The van der Waals surface area contributed by atoms with Gasteiger partial charge in [0.1, 0.15) is 0 Å². The molecule has 0 fully saturated rings. The summed E-state index contributed by atoms with van der Waals surface area (Å²) >= 11 is 0. The molecule has 2 aliphatic heterocycles. The summed E-state index contributed by atoms with van der Waals surface area (Å²) < 4.78 is 0. The Morgan fingerprint density at radius 2 is 1.65 bits per heavy atom. The van der Waals surface area contributed by atoms with Gasteiger partial charge in [-0.1, -0.05) is 72.0 Å². The summed E-state index contributed by atoms with van der Waals surface area (Å²) in [5.74, 6) is 7.25. The van der Waals surface area contributed by atoms with Gasteiger partial charge < -0.3 is 4.90 Å². The van der Waals surface area contributed by atoms with Crippen LogP contribution in [-0.4, -0.2) is 0 Å². The Bertz CT molecular complexity index is 1050. The molecule has 0 amide bonds. The van der Waals surface area contributed by atoms with Crippen molar-refractivity contribution in [2.45, 2.75) is 31.8 Å². The standard InChI is InChI=1S/C25H21N/c1-18-11-13-19(14-12-18)15-16-23-21-8-4-6-10-24(21)26-17-20-7-3-5-9-22(20)25(23,26)2/h3-14,23H,17H2,1-2H3. The maximum absolute atomic E-state index is 3.63. The predicted octanol–water partition coefficient (Wildman–Crippen LogP) is 5.38. The summed E-state index contributed by atoms with van der Waals surface area (Å²) in [6.45, 7) is 5.43. The smallest absolute Gasteiger partial charge is 0.0811 e. The first-order valence-corrected chi connectivity index (χ1v) is 9.21. The van der Waals surface area contributed by atoms with Crippen molar-refractivity contribution in [3.63, 3.8) is 0 Å². The Morgan fingerprint density at radius 3 is 2.50 bits per heavy atom. The van der Waals surface area contributed by atoms with E-state index >= 15 is 0 Å². The Morgan fingerprint density at radius 1 is 0.923 bits per heavy atom. The number of hydrogen-bond acceptors (Lipinski definition) is 1. The van der Waals surface area contributed by atoms with Crippen molar-refractivity contribution in [3.8, 4) is 11.8 Å². The summed E-state index contributed by atoms with van der Waals surface area (Å²) in [5, 5.41) is 0. The molecule has 5 rings (SSSR count). The van der Waals surface area contributed by atoms with Crippen LogP contribution < -0.4 is 4.90 Å². The van der Waals surface area contributed by atoms with Gasteiger partial charge in [-0.05, 0) is 48.7 Å². The first kappa shape index (κ1) is 15.3. The van der Waals surface area contributed by atoms with E-state index in [9.17, 15) is 0 Å². The zero-order valence-corrected chi connectivity index (χ0v) is 15.2. The van der Waals surface area contributed by atoms with Gasteiger partial charge in [-0.25, -0.2) is 0 Å². The first-order valence-electron chi connectivity index (χ1n) is 9.21. The molecule has 2 atom stereocenters. The molecule has 0 aromatic heterocycles. The van der Waals surface area contributed by atoms with Crippen LogP contribution in [0.1, 0.15) is 40.7 Å². The highest BCUT2D eigenvalue weighted by atomic mass is 15.3. The second kappa shape index (κ2) is 5.51. The molecule has 0 radical (unpaired) electrons. The van der Waals surface area contributed by atoms with E-state index in [1.807, 2.05) is 0 Å². The molecule has 0 saturated carbocycles. The van der Waals surface area contributed by atoms with Crippen molar-refractivity contribution in [3.05, 3.63) is 101 Å². The highest BCUT2D eigenvalue weighted by Gasteiger charge is 2.52. The van der Waals surface area contributed by atoms with E-state index < -0.39 is 0 Å². The van der Waals surface area contributed by atoms with E-state index in [4.69, 9.17) is 0 Å². The number of fused-ring (bicyclic) bond motifs is 5. The molecule has 3 aromatic carbocycles. The fourth-order valence-electron chi connectivity index (χ4n) is 4.57. The fraction of sp³-hybridized carbons (Fsp3) is 0.200. The van der Waals surface area contributed by atoms with Gasteiger partial charge in [-0.3, -0.25) is 0 Å². The molecule has 26 heavy (non-hydrogen) atoms. The molecule has 2 unspecified atom stereocenters. The Balaban J connectivity index is 1.67. The number of aryl methyl sites for hydroxylation is 1. The fourth-order valence-corrected chi connectivity index (χ4v) is 4.57. The molecule has 2 heterocycles. The second-order valence-corrected chi connectivity index (χ2v) is 7.52. The normalized spacial score (nSPS) is 22.2. The van der Waals surface area contributed by atoms with Gasteiger partial charge in [0.15, 0.2) is 0 Å². The zero-order chi connectivity index (χ0) is 17.7. The van der Waals surface area contributed by atoms with E-state index in [2.05, 4.69) is 103 Å². The quantitative estimate of drug-likeness (QED) is 0.499. The van der Waals surface area contributed by atoms with Gasteiger partial charge in [0.25, 0.3) is 0 Å². The summed E-state index contributed by atoms with van der Waals surface area (Å²) in [6, 6.07) is 26.1. The van der Waals surface area contributed by atoms with Gasteiger partial charge in [-0.2, -0.15) is 0 Å². The lowest BCUT2D eigenvalue weighted by Gasteiger charge is -2.34. The van der Waals surface area contributed by atoms with Crippen LogP contribution in [-0.2, 0) is 12.1 Å². The molecule has 0 spiro atoms. The van der Waals surface area contributed by atoms with Crippen molar-refractivity contribution in [2.24, 2.45) is 0 Å². The predicted molar refractivity (Wildman–Crippen MR) is 107 cm³/mol. The zero-order valence-electron chi connectivity index (χ0n) is 15.2. The Hall–Kier alpha value is -2.98. The van der Waals surface area contributed by atoms with Crippen molar-refractivity contribution in [2.75, 3.05) is 4.90 Å². The number of nitrogens with zero attached hydrogens (tertiary/aromatic N) is 1. The van der Waals surface area contributed by atoms with Crippen molar-refractivity contribution >= 4 is 5.69 Å². The molecular formula is C25H21N. The molecule has 2 aliphatic rings. The summed E-state index contributed by atoms with van der Waals surface area (Å²) in [4.78, 5) is 2.54. The van der Waals surface area contributed by atoms with Crippen LogP contribution in [0.4, 0.5) is 5.69 Å². The highest BCUT2D eigenvalue weighted by Crippen LogP contribution is 2.57. The lowest BCUT2D eigenvalue weighted by atomic mass is 9.79. The van der Waals surface area contributed by atoms with Crippen LogP contribution in [0.25, 0.3) is 0 Å². The van der Waals surface area contributed by atoms with E-state index in [0.717, 1.165) is 12.1 Å². The van der Waals surface area contributed by atoms with Crippen LogP contribution in [0.2, 0.25) is 0 Å². The average Bonchev–Trinajstić information content (AvgIpc) is 3.09.